The minimum Gasteiger partial charge on any atom is -0.388 e. The minimum atomic E-state index is -0.845. The first kappa shape index (κ1) is 20.0. The normalized spacial score (nSPS) is 19.4. The van der Waals surface area contributed by atoms with Gasteiger partial charge in [0, 0.05) is 25.2 Å². The van der Waals surface area contributed by atoms with Crippen LogP contribution < -0.4 is 10.6 Å². The van der Waals surface area contributed by atoms with Crippen LogP contribution in [-0.2, 0) is 11.2 Å². The number of rotatable bonds is 5. The monoisotopic (exact) mass is 381 g/mol. The fourth-order valence-electron chi connectivity index (χ4n) is 3.59. The number of hydrogen-bond donors (Lipinski definition) is 3. The number of imide groups is 1. The number of β-amino-alcohol motifs (C(OH)–C–C–N with tert-alkyl or cyclic N) is 1. The second-order valence-corrected chi connectivity index (χ2v) is 7.67. The Balaban J connectivity index is 1.48. The third-order valence-electron chi connectivity index (χ3n) is 5.05. The number of carbonyl (C=O) groups excluding carboxylic acids is 2. The van der Waals surface area contributed by atoms with E-state index in [1.165, 1.54) is 0 Å². The van der Waals surface area contributed by atoms with Gasteiger partial charge in [-0.1, -0.05) is 42.5 Å². The molecular formula is C22H27N3O3. The maximum atomic E-state index is 12.2. The van der Waals surface area contributed by atoms with E-state index in [-0.39, 0.29) is 12.5 Å². The van der Waals surface area contributed by atoms with Crippen LogP contribution in [0, 0.1) is 13.8 Å². The molecule has 0 spiro atoms. The van der Waals surface area contributed by atoms with E-state index in [9.17, 15) is 14.7 Å². The molecule has 1 aliphatic rings. The molecule has 1 heterocycles. The molecule has 1 saturated heterocycles. The van der Waals surface area contributed by atoms with Crippen molar-refractivity contribution in [2.24, 2.45) is 0 Å². The van der Waals surface area contributed by atoms with Gasteiger partial charge in [-0.15, -0.1) is 0 Å². The molecule has 6 heteroatoms. The Hall–Kier alpha value is -2.70. The summed E-state index contributed by atoms with van der Waals surface area (Å²) in [4.78, 5) is 26.2. The minimum absolute atomic E-state index is 0.0807. The zero-order valence-corrected chi connectivity index (χ0v) is 16.4. The summed E-state index contributed by atoms with van der Waals surface area (Å²) in [6, 6.07) is 15.0. The first-order valence-electron chi connectivity index (χ1n) is 9.50. The van der Waals surface area contributed by atoms with Crippen molar-refractivity contribution in [2.45, 2.75) is 32.3 Å². The van der Waals surface area contributed by atoms with E-state index in [2.05, 4.69) is 10.6 Å². The number of hydrogen-bond acceptors (Lipinski definition) is 4. The van der Waals surface area contributed by atoms with Crippen LogP contribution in [0.5, 0.6) is 0 Å². The number of urea groups is 1. The molecule has 1 aliphatic heterocycles. The molecule has 1 atom stereocenters. The van der Waals surface area contributed by atoms with Crippen molar-refractivity contribution in [2.75, 3.05) is 25.0 Å². The van der Waals surface area contributed by atoms with E-state index >= 15 is 0 Å². The fraction of sp³-hybridized carbons (Fsp3) is 0.364. The van der Waals surface area contributed by atoms with Gasteiger partial charge >= 0.3 is 6.03 Å². The van der Waals surface area contributed by atoms with Crippen LogP contribution in [0.4, 0.5) is 10.5 Å². The molecule has 0 aliphatic carbocycles. The summed E-state index contributed by atoms with van der Waals surface area (Å²) in [5.41, 5.74) is 2.87. The van der Waals surface area contributed by atoms with Gasteiger partial charge in [-0.3, -0.25) is 15.0 Å². The fourth-order valence-corrected chi connectivity index (χ4v) is 3.59. The van der Waals surface area contributed by atoms with E-state index in [4.69, 9.17) is 0 Å². The van der Waals surface area contributed by atoms with Crippen LogP contribution >= 0.6 is 0 Å². The number of aliphatic hydroxyl groups is 1. The molecule has 3 rings (SSSR count). The Labute approximate surface area is 165 Å². The highest BCUT2D eigenvalue weighted by molar-refractivity contribution is 6.02. The zero-order chi connectivity index (χ0) is 20.1. The quantitative estimate of drug-likeness (QED) is 0.744. The summed E-state index contributed by atoms with van der Waals surface area (Å²) in [5, 5.41) is 15.9. The number of carbonyl (C=O) groups is 2. The van der Waals surface area contributed by atoms with Crippen LogP contribution in [-0.4, -0.2) is 47.2 Å². The summed E-state index contributed by atoms with van der Waals surface area (Å²) in [6.07, 6.45) is 1.16. The molecule has 1 unspecified atom stereocenters. The predicted octanol–water partition coefficient (Wildman–Crippen LogP) is 2.63. The highest BCUT2D eigenvalue weighted by Crippen LogP contribution is 2.25. The predicted molar refractivity (Wildman–Crippen MR) is 109 cm³/mol. The van der Waals surface area contributed by atoms with E-state index in [1.807, 2.05) is 67.3 Å². The lowest BCUT2D eigenvalue weighted by Crippen LogP contribution is -2.43. The smallest absolute Gasteiger partial charge is 0.325 e. The zero-order valence-electron chi connectivity index (χ0n) is 16.4. The van der Waals surface area contributed by atoms with Gasteiger partial charge in [0.2, 0.25) is 5.91 Å². The largest absolute Gasteiger partial charge is 0.388 e. The van der Waals surface area contributed by atoms with Crippen molar-refractivity contribution in [1.82, 2.24) is 10.2 Å². The number of benzene rings is 2. The molecule has 0 radical (unpaired) electrons. The summed E-state index contributed by atoms with van der Waals surface area (Å²) >= 11 is 0. The van der Waals surface area contributed by atoms with Gasteiger partial charge in [0.1, 0.15) is 0 Å². The molecule has 3 amide bonds. The Morgan fingerprint density at radius 2 is 1.89 bits per heavy atom. The molecule has 1 fully saturated rings. The topological polar surface area (TPSA) is 81.7 Å². The molecule has 0 saturated carbocycles. The van der Waals surface area contributed by atoms with E-state index < -0.39 is 11.6 Å². The number of likely N-dealkylation sites (tertiary alicyclic amines) is 1. The molecule has 148 valence electrons. The van der Waals surface area contributed by atoms with Gasteiger partial charge in [0.05, 0.1) is 12.1 Å². The molecule has 2 aromatic rings. The van der Waals surface area contributed by atoms with Gasteiger partial charge in [0.15, 0.2) is 0 Å². The van der Waals surface area contributed by atoms with Crippen LogP contribution in [0.2, 0.25) is 0 Å². The van der Waals surface area contributed by atoms with Crippen molar-refractivity contribution >= 4 is 17.6 Å². The number of anilines is 1. The van der Waals surface area contributed by atoms with Crippen molar-refractivity contribution in [1.29, 1.82) is 0 Å². The van der Waals surface area contributed by atoms with Crippen molar-refractivity contribution < 1.29 is 14.7 Å². The Morgan fingerprint density at radius 3 is 2.64 bits per heavy atom. The standard InChI is InChI=1S/C22H27N3O3/c1-16-8-9-17(2)19(12-16)23-21(27)24-20(26)14-25-11-10-22(28,15-25)13-18-6-4-3-5-7-18/h3-9,12,28H,10-11,13-15H2,1-2H3,(H2,23,24,26,27). The lowest BCUT2D eigenvalue weighted by atomic mass is 9.94. The average Bonchev–Trinajstić information content (AvgIpc) is 2.99. The van der Waals surface area contributed by atoms with Gasteiger partial charge in [-0.05, 0) is 43.0 Å². The molecule has 0 aromatic heterocycles. The summed E-state index contributed by atoms with van der Waals surface area (Å²) in [7, 11) is 0. The molecular weight excluding hydrogens is 354 g/mol. The Kier molecular flexibility index (Phi) is 6.11. The van der Waals surface area contributed by atoms with E-state index in [0.29, 0.717) is 31.6 Å². The maximum absolute atomic E-state index is 12.2. The van der Waals surface area contributed by atoms with Gasteiger partial charge in [0.25, 0.3) is 0 Å². The molecule has 2 aromatic carbocycles. The lowest BCUT2D eigenvalue weighted by Gasteiger charge is -2.23. The number of aryl methyl sites for hydroxylation is 2. The molecule has 0 bridgehead atoms. The summed E-state index contributed by atoms with van der Waals surface area (Å²) in [6.45, 7) is 4.95. The van der Waals surface area contributed by atoms with Crippen molar-refractivity contribution in [3.63, 3.8) is 0 Å². The Morgan fingerprint density at radius 1 is 1.14 bits per heavy atom. The average molecular weight is 381 g/mol. The molecule has 6 nitrogen and oxygen atoms in total. The first-order valence-corrected chi connectivity index (χ1v) is 9.50. The molecule has 3 N–H and O–H groups in total. The van der Waals surface area contributed by atoms with Crippen molar-refractivity contribution in [3.8, 4) is 0 Å². The second-order valence-electron chi connectivity index (χ2n) is 7.67. The van der Waals surface area contributed by atoms with Gasteiger partial charge in [-0.2, -0.15) is 0 Å². The number of nitrogens with one attached hydrogen (secondary N) is 2. The van der Waals surface area contributed by atoms with Crippen LogP contribution in [0.25, 0.3) is 0 Å². The third-order valence-corrected chi connectivity index (χ3v) is 5.05. The van der Waals surface area contributed by atoms with Gasteiger partial charge in [-0.25, -0.2) is 4.79 Å². The van der Waals surface area contributed by atoms with Crippen LogP contribution in [0.15, 0.2) is 48.5 Å². The lowest BCUT2D eigenvalue weighted by molar-refractivity contribution is -0.121. The van der Waals surface area contributed by atoms with Crippen LogP contribution in [0.1, 0.15) is 23.1 Å². The third kappa shape index (κ3) is 5.41. The van der Waals surface area contributed by atoms with Gasteiger partial charge < -0.3 is 10.4 Å². The van der Waals surface area contributed by atoms with Crippen LogP contribution in [0.3, 0.4) is 0 Å². The van der Waals surface area contributed by atoms with E-state index in [0.717, 1.165) is 16.7 Å². The highest BCUT2D eigenvalue weighted by atomic mass is 16.3. The second kappa shape index (κ2) is 8.54. The maximum Gasteiger partial charge on any atom is 0.325 e. The Bertz CT molecular complexity index is 853. The highest BCUT2D eigenvalue weighted by Gasteiger charge is 2.36. The number of amides is 3. The molecule has 28 heavy (non-hydrogen) atoms. The summed E-state index contributed by atoms with van der Waals surface area (Å²) < 4.78 is 0. The van der Waals surface area contributed by atoms with E-state index in [1.54, 1.807) is 0 Å². The van der Waals surface area contributed by atoms with Crippen molar-refractivity contribution in [3.05, 3.63) is 65.2 Å². The number of nitrogens with zero attached hydrogens (tertiary/aromatic N) is 1. The first-order chi connectivity index (χ1) is 13.3. The SMILES string of the molecule is Cc1ccc(C)c(NC(=O)NC(=O)CN2CCC(O)(Cc3ccccc3)C2)c1. The summed E-state index contributed by atoms with van der Waals surface area (Å²) in [5.74, 6) is -0.383.